The second-order valence-corrected chi connectivity index (χ2v) is 10.6. The van der Waals surface area contributed by atoms with Crippen LogP contribution in [0.25, 0.3) is 5.65 Å². The molecule has 0 aliphatic carbocycles. The molecule has 0 unspecified atom stereocenters. The number of aromatic nitrogens is 2. The number of amides is 1. The third kappa shape index (κ3) is 6.31. The summed E-state index contributed by atoms with van der Waals surface area (Å²) in [5, 5.41) is 0.496. The number of pyridine rings is 1. The topological polar surface area (TPSA) is 50.1 Å². The summed E-state index contributed by atoms with van der Waals surface area (Å²) in [5.41, 5.74) is 4.65. The molecule has 0 atom stereocenters. The Balaban J connectivity index is 1.19. The summed E-state index contributed by atoms with van der Waals surface area (Å²) in [6.45, 7) is 3.79. The van der Waals surface area contributed by atoms with E-state index < -0.39 is 6.36 Å². The van der Waals surface area contributed by atoms with E-state index in [9.17, 15) is 18.0 Å². The molecule has 11 heteroatoms. The molecule has 4 aromatic rings. The standard InChI is InChI=1S/C29H27Cl2F3N4O2/c1-2-25-27(37-18-22(30)7-12-26(37)35-25)28(39)38(31)17-19-3-8-23(9-4-19)36-15-13-21(14-16-36)20-5-10-24(11-6-20)40-29(32,33)34/h3-12,18,21H,2,13-17H2,1H3. The van der Waals surface area contributed by atoms with Crippen LogP contribution in [0.1, 0.15) is 53.0 Å². The smallest absolute Gasteiger partial charge is 0.406 e. The summed E-state index contributed by atoms with van der Waals surface area (Å²) in [4.78, 5) is 20.1. The van der Waals surface area contributed by atoms with Gasteiger partial charge < -0.3 is 9.64 Å². The van der Waals surface area contributed by atoms with E-state index >= 15 is 0 Å². The molecule has 2 aromatic carbocycles. The van der Waals surface area contributed by atoms with Crippen molar-refractivity contribution in [3.05, 3.63) is 94.4 Å². The zero-order valence-corrected chi connectivity index (χ0v) is 23.2. The van der Waals surface area contributed by atoms with Crippen molar-refractivity contribution in [2.75, 3.05) is 18.0 Å². The summed E-state index contributed by atoms with van der Waals surface area (Å²) in [7, 11) is 0. The maximum atomic E-state index is 13.3. The molecule has 5 rings (SSSR count). The number of piperidine rings is 1. The van der Waals surface area contributed by atoms with Crippen molar-refractivity contribution in [2.24, 2.45) is 0 Å². The van der Waals surface area contributed by atoms with Crippen molar-refractivity contribution in [2.45, 2.75) is 45.0 Å². The predicted octanol–water partition coefficient (Wildman–Crippen LogP) is 7.63. The number of ether oxygens (including phenoxy) is 1. The van der Waals surface area contributed by atoms with E-state index in [0.717, 1.165) is 47.2 Å². The van der Waals surface area contributed by atoms with Gasteiger partial charge in [-0.3, -0.25) is 9.20 Å². The molecule has 0 spiro atoms. The van der Waals surface area contributed by atoms with Crippen LogP contribution in [-0.2, 0) is 13.0 Å². The van der Waals surface area contributed by atoms with Gasteiger partial charge in [0.25, 0.3) is 5.91 Å². The lowest BCUT2D eigenvalue weighted by Crippen LogP contribution is -2.32. The average Bonchev–Trinajstić information content (AvgIpc) is 3.30. The molecule has 0 bridgehead atoms. The molecule has 0 saturated carbocycles. The predicted molar refractivity (Wildman–Crippen MR) is 149 cm³/mol. The highest BCUT2D eigenvalue weighted by Crippen LogP contribution is 2.32. The van der Waals surface area contributed by atoms with Crippen molar-refractivity contribution in [1.29, 1.82) is 0 Å². The maximum Gasteiger partial charge on any atom is 0.573 e. The third-order valence-electron chi connectivity index (χ3n) is 7.12. The zero-order chi connectivity index (χ0) is 28.4. The number of fused-ring (bicyclic) bond motifs is 1. The van der Waals surface area contributed by atoms with Gasteiger partial charge in [-0.1, -0.05) is 42.8 Å². The van der Waals surface area contributed by atoms with Gasteiger partial charge in [0, 0.05) is 36.8 Å². The van der Waals surface area contributed by atoms with Gasteiger partial charge in [-0.05, 0) is 72.7 Å². The van der Waals surface area contributed by atoms with E-state index in [4.69, 9.17) is 23.4 Å². The van der Waals surface area contributed by atoms with Gasteiger partial charge in [-0.2, -0.15) is 0 Å². The number of aryl methyl sites for hydroxylation is 1. The minimum atomic E-state index is -4.69. The Labute approximate surface area is 240 Å². The van der Waals surface area contributed by atoms with Gasteiger partial charge in [0.05, 0.1) is 17.3 Å². The van der Waals surface area contributed by atoms with Gasteiger partial charge >= 0.3 is 6.36 Å². The molecule has 6 nitrogen and oxygen atoms in total. The normalized spacial score (nSPS) is 14.5. The molecule has 40 heavy (non-hydrogen) atoms. The number of benzene rings is 2. The van der Waals surface area contributed by atoms with Crippen LogP contribution in [0.3, 0.4) is 0 Å². The molecule has 1 aliphatic rings. The molecule has 1 fully saturated rings. The minimum Gasteiger partial charge on any atom is -0.406 e. The van der Waals surface area contributed by atoms with Crippen LogP contribution >= 0.6 is 23.4 Å². The Kier molecular flexibility index (Phi) is 8.14. The molecule has 2 aromatic heterocycles. The molecule has 3 heterocycles. The van der Waals surface area contributed by atoms with E-state index in [1.807, 2.05) is 31.2 Å². The first-order chi connectivity index (χ1) is 19.1. The van der Waals surface area contributed by atoms with Crippen LogP contribution in [-0.4, -0.2) is 39.2 Å². The summed E-state index contributed by atoms with van der Waals surface area (Å²) in [6, 6.07) is 17.6. The largest absolute Gasteiger partial charge is 0.573 e. The lowest BCUT2D eigenvalue weighted by atomic mass is 9.89. The van der Waals surface area contributed by atoms with E-state index in [-0.39, 0.29) is 24.1 Å². The first-order valence-corrected chi connectivity index (χ1v) is 13.7. The second-order valence-electron chi connectivity index (χ2n) is 9.71. The SMILES string of the molecule is CCc1nc2ccc(Cl)cn2c1C(=O)N(Cl)Cc1ccc(N2CCC(c3ccc(OC(F)(F)F)cc3)CC2)cc1. The Hall–Kier alpha value is -3.43. The van der Waals surface area contributed by atoms with E-state index in [2.05, 4.69) is 14.6 Å². The molecule has 210 valence electrons. The fourth-order valence-electron chi connectivity index (χ4n) is 5.11. The summed E-state index contributed by atoms with van der Waals surface area (Å²) in [5.74, 6) is -0.286. The lowest BCUT2D eigenvalue weighted by molar-refractivity contribution is -0.274. The van der Waals surface area contributed by atoms with Gasteiger partial charge in [0.2, 0.25) is 0 Å². The van der Waals surface area contributed by atoms with Crippen molar-refractivity contribution in [1.82, 2.24) is 13.8 Å². The van der Waals surface area contributed by atoms with Crippen molar-refractivity contribution in [3.63, 3.8) is 0 Å². The molecule has 0 N–H and O–H groups in total. The Morgan fingerprint density at radius 2 is 1.73 bits per heavy atom. The second kappa shape index (κ2) is 11.6. The molecule has 1 amide bonds. The number of hydrogen-bond donors (Lipinski definition) is 0. The maximum absolute atomic E-state index is 13.3. The number of carbonyl (C=O) groups is 1. The lowest BCUT2D eigenvalue weighted by Gasteiger charge is -2.34. The highest BCUT2D eigenvalue weighted by atomic mass is 35.5. The number of halogens is 5. The first kappa shape index (κ1) is 28.1. The van der Waals surface area contributed by atoms with Crippen molar-refractivity contribution >= 4 is 40.6 Å². The van der Waals surface area contributed by atoms with Gasteiger partial charge in [0.1, 0.15) is 17.1 Å². The third-order valence-corrected chi connectivity index (χ3v) is 7.61. The number of carbonyl (C=O) groups excluding carboxylic acids is 1. The van der Waals surface area contributed by atoms with Crippen LogP contribution in [0.15, 0.2) is 66.9 Å². The van der Waals surface area contributed by atoms with Crippen LogP contribution in [0.5, 0.6) is 5.75 Å². The highest BCUT2D eigenvalue weighted by Gasteiger charge is 2.31. The van der Waals surface area contributed by atoms with Crippen LogP contribution in [0.2, 0.25) is 5.02 Å². The number of anilines is 1. The van der Waals surface area contributed by atoms with Gasteiger partial charge in [-0.15, -0.1) is 13.2 Å². The number of imidazole rings is 1. The summed E-state index contributed by atoms with van der Waals surface area (Å²) in [6.07, 6.45) is -0.685. The van der Waals surface area contributed by atoms with Gasteiger partial charge in [-0.25, -0.2) is 9.40 Å². The van der Waals surface area contributed by atoms with Crippen LogP contribution in [0, 0.1) is 0 Å². The van der Waals surface area contributed by atoms with E-state index in [1.54, 1.807) is 34.9 Å². The number of alkyl halides is 3. The quantitative estimate of drug-likeness (QED) is 0.208. The molecular weight excluding hydrogens is 564 g/mol. The van der Waals surface area contributed by atoms with Crippen molar-refractivity contribution in [3.8, 4) is 5.75 Å². The average molecular weight is 591 g/mol. The number of nitrogens with zero attached hydrogens (tertiary/aromatic N) is 4. The molecular formula is C29H27Cl2F3N4O2. The van der Waals surface area contributed by atoms with Crippen LogP contribution < -0.4 is 9.64 Å². The monoisotopic (exact) mass is 590 g/mol. The zero-order valence-electron chi connectivity index (χ0n) is 21.7. The highest BCUT2D eigenvalue weighted by molar-refractivity contribution is 6.30. The fraction of sp³-hybridized carbons (Fsp3) is 0.310. The summed E-state index contributed by atoms with van der Waals surface area (Å²) >= 11 is 12.6. The molecule has 0 radical (unpaired) electrons. The van der Waals surface area contributed by atoms with E-state index in [1.165, 1.54) is 12.1 Å². The Bertz CT molecular complexity index is 1480. The van der Waals surface area contributed by atoms with E-state index in [0.29, 0.717) is 28.5 Å². The Morgan fingerprint density at radius 3 is 2.35 bits per heavy atom. The van der Waals surface area contributed by atoms with Crippen LogP contribution in [0.4, 0.5) is 18.9 Å². The number of rotatable bonds is 7. The van der Waals surface area contributed by atoms with Gasteiger partial charge in [0.15, 0.2) is 0 Å². The Morgan fingerprint density at radius 1 is 1.05 bits per heavy atom. The van der Waals surface area contributed by atoms with Crippen molar-refractivity contribution < 1.29 is 22.7 Å². The molecule has 1 saturated heterocycles. The fourth-order valence-corrected chi connectivity index (χ4v) is 5.49. The number of hydrogen-bond acceptors (Lipinski definition) is 4. The minimum absolute atomic E-state index is 0.209. The molecule has 1 aliphatic heterocycles. The first-order valence-electron chi connectivity index (χ1n) is 12.9. The summed E-state index contributed by atoms with van der Waals surface area (Å²) < 4.78 is 44.0.